The standard InChI is InChI=1S/C15H25N3O2/c1-5-11(2)18(8-9-20-4)14-10-12(16)6-7-13(14)15(19)17-3/h6-7,10-11H,5,8-9,16H2,1-4H3,(H,17,19). The summed E-state index contributed by atoms with van der Waals surface area (Å²) >= 11 is 0. The van der Waals surface area contributed by atoms with Gasteiger partial charge in [-0.3, -0.25) is 4.79 Å². The van der Waals surface area contributed by atoms with Crippen molar-refractivity contribution in [2.75, 3.05) is 37.9 Å². The number of benzene rings is 1. The number of rotatable bonds is 7. The monoisotopic (exact) mass is 279 g/mol. The average molecular weight is 279 g/mol. The van der Waals surface area contributed by atoms with Crippen LogP contribution in [-0.2, 0) is 4.74 Å². The average Bonchev–Trinajstić information content (AvgIpc) is 2.46. The minimum atomic E-state index is -0.106. The van der Waals surface area contributed by atoms with Crippen molar-refractivity contribution >= 4 is 17.3 Å². The molecule has 0 fully saturated rings. The number of nitrogens with two attached hydrogens (primary N) is 1. The summed E-state index contributed by atoms with van der Waals surface area (Å²) in [7, 11) is 3.30. The minimum absolute atomic E-state index is 0.106. The summed E-state index contributed by atoms with van der Waals surface area (Å²) in [6.07, 6.45) is 0.978. The Morgan fingerprint density at radius 3 is 2.75 bits per heavy atom. The van der Waals surface area contributed by atoms with Crippen LogP contribution in [0.4, 0.5) is 11.4 Å². The van der Waals surface area contributed by atoms with Crippen LogP contribution in [0.5, 0.6) is 0 Å². The first-order valence-electron chi connectivity index (χ1n) is 6.92. The zero-order chi connectivity index (χ0) is 15.1. The first-order chi connectivity index (χ1) is 9.54. The van der Waals surface area contributed by atoms with E-state index in [1.165, 1.54) is 0 Å². The van der Waals surface area contributed by atoms with Crippen LogP contribution in [0.3, 0.4) is 0 Å². The van der Waals surface area contributed by atoms with E-state index in [9.17, 15) is 4.79 Å². The van der Waals surface area contributed by atoms with Gasteiger partial charge in [-0.1, -0.05) is 6.92 Å². The number of nitrogens with one attached hydrogen (secondary N) is 1. The number of anilines is 2. The number of nitrogens with zero attached hydrogens (tertiary/aromatic N) is 1. The normalized spacial score (nSPS) is 12.0. The van der Waals surface area contributed by atoms with E-state index in [1.807, 2.05) is 6.07 Å². The lowest BCUT2D eigenvalue weighted by molar-refractivity contribution is 0.0963. The molecule has 1 amide bonds. The molecule has 112 valence electrons. The topological polar surface area (TPSA) is 67.6 Å². The van der Waals surface area contributed by atoms with Crippen molar-refractivity contribution in [3.05, 3.63) is 23.8 Å². The van der Waals surface area contributed by atoms with E-state index in [1.54, 1.807) is 26.3 Å². The fourth-order valence-electron chi connectivity index (χ4n) is 2.10. The Morgan fingerprint density at radius 2 is 2.20 bits per heavy atom. The van der Waals surface area contributed by atoms with Crippen LogP contribution in [0.1, 0.15) is 30.6 Å². The molecule has 0 radical (unpaired) electrons. The molecule has 5 nitrogen and oxygen atoms in total. The van der Waals surface area contributed by atoms with Crippen LogP contribution in [0.25, 0.3) is 0 Å². The maximum Gasteiger partial charge on any atom is 0.253 e. The number of hydrogen-bond donors (Lipinski definition) is 2. The SMILES string of the molecule is CCC(C)N(CCOC)c1cc(N)ccc1C(=O)NC. The van der Waals surface area contributed by atoms with Gasteiger partial charge in [0.05, 0.1) is 17.9 Å². The molecule has 0 heterocycles. The number of amides is 1. The Morgan fingerprint density at radius 1 is 1.50 bits per heavy atom. The second kappa shape index (κ2) is 7.75. The number of methoxy groups -OCH3 is 1. The van der Waals surface area contributed by atoms with Crippen molar-refractivity contribution in [2.45, 2.75) is 26.3 Å². The van der Waals surface area contributed by atoms with Crippen molar-refractivity contribution in [3.8, 4) is 0 Å². The van der Waals surface area contributed by atoms with Crippen LogP contribution in [0, 0.1) is 0 Å². The van der Waals surface area contributed by atoms with Crippen LogP contribution in [0.2, 0.25) is 0 Å². The van der Waals surface area contributed by atoms with Crippen molar-refractivity contribution < 1.29 is 9.53 Å². The molecule has 0 saturated carbocycles. The zero-order valence-electron chi connectivity index (χ0n) is 12.8. The molecule has 20 heavy (non-hydrogen) atoms. The summed E-state index contributed by atoms with van der Waals surface area (Å²) in [5.74, 6) is -0.106. The van der Waals surface area contributed by atoms with Crippen molar-refractivity contribution in [1.82, 2.24) is 5.32 Å². The van der Waals surface area contributed by atoms with E-state index in [0.29, 0.717) is 23.9 Å². The smallest absolute Gasteiger partial charge is 0.253 e. The Kier molecular flexibility index (Phi) is 6.31. The fourth-order valence-corrected chi connectivity index (χ4v) is 2.10. The number of ether oxygens (including phenoxy) is 1. The second-order valence-electron chi connectivity index (χ2n) is 4.80. The summed E-state index contributed by atoms with van der Waals surface area (Å²) in [6, 6.07) is 5.67. The van der Waals surface area contributed by atoms with Gasteiger partial charge in [-0.2, -0.15) is 0 Å². The van der Waals surface area contributed by atoms with Crippen molar-refractivity contribution in [1.29, 1.82) is 0 Å². The highest BCUT2D eigenvalue weighted by atomic mass is 16.5. The van der Waals surface area contributed by atoms with E-state index >= 15 is 0 Å². The van der Waals surface area contributed by atoms with Crippen molar-refractivity contribution in [3.63, 3.8) is 0 Å². The van der Waals surface area contributed by atoms with E-state index in [-0.39, 0.29) is 5.91 Å². The number of carbonyl (C=O) groups excluding carboxylic acids is 1. The second-order valence-corrected chi connectivity index (χ2v) is 4.80. The molecule has 0 bridgehead atoms. The maximum atomic E-state index is 12.0. The Bertz CT molecular complexity index is 449. The highest BCUT2D eigenvalue weighted by molar-refractivity contribution is 6.00. The summed E-state index contributed by atoms with van der Waals surface area (Å²) in [5.41, 5.74) is 8.03. The highest BCUT2D eigenvalue weighted by Crippen LogP contribution is 2.26. The minimum Gasteiger partial charge on any atom is -0.399 e. The maximum absolute atomic E-state index is 12.0. The van der Waals surface area contributed by atoms with Gasteiger partial charge in [-0.15, -0.1) is 0 Å². The molecule has 1 atom stereocenters. The van der Waals surface area contributed by atoms with E-state index in [4.69, 9.17) is 10.5 Å². The third kappa shape index (κ3) is 3.87. The third-order valence-electron chi connectivity index (χ3n) is 3.46. The lowest BCUT2D eigenvalue weighted by atomic mass is 10.1. The number of carbonyl (C=O) groups is 1. The third-order valence-corrected chi connectivity index (χ3v) is 3.46. The van der Waals surface area contributed by atoms with Crippen LogP contribution < -0.4 is 16.0 Å². The van der Waals surface area contributed by atoms with Crippen LogP contribution >= 0.6 is 0 Å². The predicted molar refractivity (Wildman–Crippen MR) is 83.2 cm³/mol. The van der Waals surface area contributed by atoms with Gasteiger partial charge < -0.3 is 20.7 Å². The molecule has 0 aliphatic carbocycles. The molecule has 1 aromatic rings. The largest absolute Gasteiger partial charge is 0.399 e. The lowest BCUT2D eigenvalue weighted by Crippen LogP contribution is -2.37. The Balaban J connectivity index is 3.22. The number of nitrogen functional groups attached to an aromatic ring is 1. The molecule has 0 aliphatic heterocycles. The van der Waals surface area contributed by atoms with Crippen LogP contribution in [0.15, 0.2) is 18.2 Å². The molecule has 0 spiro atoms. The van der Waals surface area contributed by atoms with Gasteiger partial charge >= 0.3 is 0 Å². The van der Waals surface area contributed by atoms with Gasteiger partial charge in [0, 0.05) is 32.4 Å². The molecule has 3 N–H and O–H groups in total. The Hall–Kier alpha value is -1.75. The molecule has 1 unspecified atom stereocenters. The quantitative estimate of drug-likeness (QED) is 0.748. The molecule has 0 saturated heterocycles. The highest BCUT2D eigenvalue weighted by Gasteiger charge is 2.19. The summed E-state index contributed by atoms with van der Waals surface area (Å²) in [5, 5.41) is 2.67. The molecule has 1 rings (SSSR count). The first-order valence-corrected chi connectivity index (χ1v) is 6.92. The predicted octanol–water partition coefficient (Wildman–Crippen LogP) is 1.88. The lowest BCUT2D eigenvalue weighted by Gasteiger charge is -2.32. The van der Waals surface area contributed by atoms with Gasteiger partial charge in [0.15, 0.2) is 0 Å². The molecule has 5 heteroatoms. The van der Waals surface area contributed by atoms with Gasteiger partial charge in [0.2, 0.25) is 0 Å². The van der Waals surface area contributed by atoms with Gasteiger partial charge in [0.25, 0.3) is 5.91 Å². The first kappa shape index (κ1) is 16.3. The molecule has 1 aromatic carbocycles. The van der Waals surface area contributed by atoms with Crippen molar-refractivity contribution in [2.24, 2.45) is 0 Å². The molecule has 0 aliphatic rings. The van der Waals surface area contributed by atoms with Gasteiger partial charge in [-0.25, -0.2) is 0 Å². The Labute approximate surface area is 121 Å². The molecule has 0 aromatic heterocycles. The van der Waals surface area contributed by atoms with E-state index in [0.717, 1.165) is 18.7 Å². The van der Waals surface area contributed by atoms with E-state index < -0.39 is 0 Å². The fraction of sp³-hybridized carbons (Fsp3) is 0.533. The number of hydrogen-bond acceptors (Lipinski definition) is 4. The van der Waals surface area contributed by atoms with Crippen LogP contribution in [-0.4, -0.2) is 39.3 Å². The summed E-state index contributed by atoms with van der Waals surface area (Å²) in [6.45, 7) is 5.58. The molecular weight excluding hydrogens is 254 g/mol. The zero-order valence-corrected chi connectivity index (χ0v) is 12.8. The summed E-state index contributed by atoms with van der Waals surface area (Å²) in [4.78, 5) is 14.2. The van der Waals surface area contributed by atoms with Gasteiger partial charge in [0.1, 0.15) is 0 Å². The van der Waals surface area contributed by atoms with E-state index in [2.05, 4.69) is 24.1 Å². The van der Waals surface area contributed by atoms with Gasteiger partial charge in [-0.05, 0) is 31.5 Å². The summed E-state index contributed by atoms with van der Waals surface area (Å²) < 4.78 is 5.17. The molecular formula is C15H25N3O2.